The molecule has 2 heterocycles. The van der Waals surface area contributed by atoms with E-state index in [2.05, 4.69) is 9.97 Å². The van der Waals surface area contributed by atoms with Crippen molar-refractivity contribution in [2.75, 3.05) is 5.73 Å². The summed E-state index contributed by atoms with van der Waals surface area (Å²) in [6.07, 6.45) is 2.14. The number of nitro groups is 1. The van der Waals surface area contributed by atoms with Gasteiger partial charge in [-0.25, -0.2) is 9.97 Å². The number of anilines is 1. The summed E-state index contributed by atoms with van der Waals surface area (Å²) in [5.41, 5.74) is 6.01. The number of nitrogens with zero attached hydrogens (tertiary/aromatic N) is 3. The lowest BCUT2D eigenvalue weighted by Gasteiger charge is -1.99. The van der Waals surface area contributed by atoms with Gasteiger partial charge in [0, 0.05) is 24.1 Å². The predicted octanol–water partition coefficient (Wildman–Crippen LogP) is 1.62. The Bertz CT molecular complexity index is 512. The van der Waals surface area contributed by atoms with Crippen molar-refractivity contribution in [2.45, 2.75) is 6.42 Å². The molecule has 0 aliphatic carbocycles. The lowest BCUT2D eigenvalue weighted by atomic mass is 10.2. The fourth-order valence-electron chi connectivity index (χ4n) is 1.29. The van der Waals surface area contributed by atoms with E-state index in [1.165, 1.54) is 23.5 Å². The van der Waals surface area contributed by atoms with E-state index in [9.17, 15) is 10.1 Å². The average Bonchev–Trinajstić information content (AvgIpc) is 2.69. The van der Waals surface area contributed by atoms with Gasteiger partial charge in [-0.2, -0.15) is 0 Å². The van der Waals surface area contributed by atoms with Crippen LogP contribution in [-0.4, -0.2) is 14.9 Å². The van der Waals surface area contributed by atoms with Crippen LogP contribution in [0.4, 0.5) is 11.5 Å². The molecule has 82 valence electrons. The number of nitrogens with two attached hydrogens (primary N) is 1. The zero-order valence-corrected chi connectivity index (χ0v) is 8.98. The zero-order chi connectivity index (χ0) is 11.5. The van der Waals surface area contributed by atoms with Gasteiger partial charge in [0.2, 0.25) is 0 Å². The maximum absolute atomic E-state index is 10.6. The molecule has 0 spiro atoms. The van der Waals surface area contributed by atoms with E-state index in [1.54, 1.807) is 6.20 Å². The third-order valence-electron chi connectivity index (χ3n) is 1.91. The Labute approximate surface area is 94.9 Å². The molecule has 0 aliphatic rings. The maximum atomic E-state index is 10.6. The number of hydrogen-bond acceptors (Lipinski definition) is 6. The molecule has 7 heteroatoms. The molecule has 16 heavy (non-hydrogen) atoms. The first-order valence-electron chi connectivity index (χ1n) is 4.44. The topological polar surface area (TPSA) is 94.9 Å². The van der Waals surface area contributed by atoms with E-state index in [4.69, 9.17) is 5.73 Å². The fourth-order valence-corrected chi connectivity index (χ4v) is 1.92. The molecular formula is C9H8N4O2S. The average molecular weight is 236 g/mol. The number of nitrogen functional groups attached to an aromatic ring is 1. The van der Waals surface area contributed by atoms with Crippen molar-refractivity contribution >= 4 is 22.8 Å². The summed E-state index contributed by atoms with van der Waals surface area (Å²) in [5.74, 6) is 0.153. The molecule has 2 rings (SSSR count). The highest BCUT2D eigenvalue weighted by atomic mass is 32.1. The molecule has 0 aromatic carbocycles. The van der Waals surface area contributed by atoms with Crippen LogP contribution in [0, 0.1) is 10.1 Å². The van der Waals surface area contributed by atoms with E-state index >= 15 is 0 Å². The molecule has 2 aromatic rings. The standard InChI is InChI=1S/C9H8N4O2S/c10-8-5-7(13(14)15)3-6(12-8)4-9-11-1-2-16-9/h1-3,5H,4H2,(H2,10,12). The minimum absolute atomic E-state index is 0.0425. The molecule has 0 unspecified atom stereocenters. The fraction of sp³-hybridized carbons (Fsp3) is 0.111. The summed E-state index contributed by atoms with van der Waals surface area (Å²) in [5, 5.41) is 13.3. The first-order valence-corrected chi connectivity index (χ1v) is 5.32. The lowest BCUT2D eigenvalue weighted by Crippen LogP contribution is -1.99. The summed E-state index contributed by atoms with van der Waals surface area (Å²) in [6.45, 7) is 0. The summed E-state index contributed by atoms with van der Waals surface area (Å²) in [6, 6.07) is 2.66. The van der Waals surface area contributed by atoms with Crippen LogP contribution in [0.25, 0.3) is 0 Å². The molecule has 0 fully saturated rings. The Morgan fingerprint density at radius 2 is 2.31 bits per heavy atom. The molecule has 2 aromatic heterocycles. The van der Waals surface area contributed by atoms with Gasteiger partial charge >= 0.3 is 0 Å². The molecule has 0 bridgehead atoms. The van der Waals surface area contributed by atoms with Crippen LogP contribution >= 0.6 is 11.3 Å². The molecule has 0 radical (unpaired) electrons. The minimum Gasteiger partial charge on any atom is -0.383 e. The molecule has 0 amide bonds. The van der Waals surface area contributed by atoms with Gasteiger partial charge in [-0.05, 0) is 0 Å². The van der Waals surface area contributed by atoms with Gasteiger partial charge in [0.1, 0.15) is 5.82 Å². The molecular weight excluding hydrogens is 228 g/mol. The quantitative estimate of drug-likeness (QED) is 0.645. The van der Waals surface area contributed by atoms with Crippen molar-refractivity contribution in [1.29, 1.82) is 0 Å². The number of aromatic nitrogens is 2. The third kappa shape index (κ3) is 2.31. The maximum Gasteiger partial charge on any atom is 0.274 e. The first kappa shape index (κ1) is 10.5. The molecule has 0 saturated heterocycles. The van der Waals surface area contributed by atoms with Crippen molar-refractivity contribution in [2.24, 2.45) is 0 Å². The summed E-state index contributed by atoms with van der Waals surface area (Å²) in [7, 11) is 0. The van der Waals surface area contributed by atoms with Gasteiger partial charge in [-0.3, -0.25) is 10.1 Å². The molecule has 0 atom stereocenters. The van der Waals surface area contributed by atoms with E-state index < -0.39 is 4.92 Å². The van der Waals surface area contributed by atoms with Crippen molar-refractivity contribution in [1.82, 2.24) is 9.97 Å². The molecule has 6 nitrogen and oxygen atoms in total. The highest BCUT2D eigenvalue weighted by Gasteiger charge is 2.10. The SMILES string of the molecule is Nc1cc([N+](=O)[O-])cc(Cc2nccs2)n1. The van der Waals surface area contributed by atoms with Crippen molar-refractivity contribution in [3.8, 4) is 0 Å². The second-order valence-corrected chi connectivity index (χ2v) is 4.08. The van der Waals surface area contributed by atoms with Crippen LogP contribution < -0.4 is 5.73 Å². The second-order valence-electron chi connectivity index (χ2n) is 3.10. The Balaban J connectivity index is 2.31. The first-order chi connectivity index (χ1) is 7.65. The van der Waals surface area contributed by atoms with Crippen molar-refractivity contribution in [3.05, 3.63) is 44.5 Å². The van der Waals surface area contributed by atoms with Gasteiger partial charge in [-0.1, -0.05) is 0 Å². The number of pyridine rings is 1. The van der Waals surface area contributed by atoms with E-state index in [-0.39, 0.29) is 11.5 Å². The monoisotopic (exact) mass is 236 g/mol. The van der Waals surface area contributed by atoms with Gasteiger partial charge in [0.15, 0.2) is 0 Å². The van der Waals surface area contributed by atoms with Crippen LogP contribution in [0.5, 0.6) is 0 Å². The summed E-state index contributed by atoms with van der Waals surface area (Å²) >= 11 is 1.48. The highest BCUT2D eigenvalue weighted by Crippen LogP contribution is 2.18. The van der Waals surface area contributed by atoms with Crippen molar-refractivity contribution in [3.63, 3.8) is 0 Å². The number of thiazole rings is 1. The van der Waals surface area contributed by atoms with Crippen LogP contribution in [0.2, 0.25) is 0 Å². The smallest absolute Gasteiger partial charge is 0.274 e. The minimum atomic E-state index is -0.483. The van der Waals surface area contributed by atoms with Gasteiger partial charge < -0.3 is 5.73 Å². The van der Waals surface area contributed by atoms with Crippen LogP contribution in [-0.2, 0) is 6.42 Å². The molecule has 2 N–H and O–H groups in total. The molecule has 0 saturated carbocycles. The Hall–Kier alpha value is -2.02. The predicted molar refractivity (Wildman–Crippen MR) is 60.2 cm³/mol. The Morgan fingerprint density at radius 1 is 1.50 bits per heavy atom. The highest BCUT2D eigenvalue weighted by molar-refractivity contribution is 7.09. The summed E-state index contributed by atoms with van der Waals surface area (Å²) in [4.78, 5) is 18.2. The van der Waals surface area contributed by atoms with E-state index in [0.717, 1.165) is 5.01 Å². The Kier molecular flexibility index (Phi) is 2.78. The molecule has 0 aliphatic heterocycles. The van der Waals surface area contributed by atoms with Gasteiger partial charge in [0.25, 0.3) is 5.69 Å². The number of rotatable bonds is 3. The second kappa shape index (κ2) is 4.23. The summed E-state index contributed by atoms with van der Waals surface area (Å²) < 4.78 is 0. The van der Waals surface area contributed by atoms with Crippen LogP contribution in [0.15, 0.2) is 23.7 Å². The van der Waals surface area contributed by atoms with Gasteiger partial charge in [0.05, 0.1) is 21.7 Å². The number of hydrogen-bond donors (Lipinski definition) is 1. The third-order valence-corrected chi connectivity index (χ3v) is 2.69. The van der Waals surface area contributed by atoms with E-state index in [1.807, 2.05) is 5.38 Å². The van der Waals surface area contributed by atoms with E-state index in [0.29, 0.717) is 12.1 Å². The zero-order valence-electron chi connectivity index (χ0n) is 8.16. The lowest BCUT2D eigenvalue weighted by molar-refractivity contribution is -0.384. The van der Waals surface area contributed by atoms with Crippen LogP contribution in [0.3, 0.4) is 0 Å². The van der Waals surface area contributed by atoms with Gasteiger partial charge in [-0.15, -0.1) is 11.3 Å². The Morgan fingerprint density at radius 3 is 2.94 bits per heavy atom. The normalized spacial score (nSPS) is 10.2. The largest absolute Gasteiger partial charge is 0.383 e. The van der Waals surface area contributed by atoms with Crippen molar-refractivity contribution < 1.29 is 4.92 Å². The van der Waals surface area contributed by atoms with Crippen LogP contribution in [0.1, 0.15) is 10.7 Å².